The van der Waals surface area contributed by atoms with Crippen molar-refractivity contribution in [3.63, 3.8) is 0 Å². The van der Waals surface area contributed by atoms with Crippen LogP contribution >= 0.6 is 11.6 Å². The Labute approximate surface area is 241 Å². The maximum atomic E-state index is 14.2. The lowest BCUT2D eigenvalue weighted by Crippen LogP contribution is -2.46. The second kappa shape index (κ2) is 12.8. The fraction of sp³-hybridized carbons (Fsp3) is 0.357. The molecule has 1 aromatic heterocycles. The predicted octanol–water partition coefficient (Wildman–Crippen LogP) is 4.13. The van der Waals surface area contributed by atoms with E-state index in [0.29, 0.717) is 10.6 Å². The first-order chi connectivity index (χ1) is 18.6. The second-order valence-electron chi connectivity index (χ2n) is 10.1. The molecule has 0 aliphatic carbocycles. The zero-order valence-corrected chi connectivity index (χ0v) is 25.4. The van der Waals surface area contributed by atoms with Crippen LogP contribution in [0.1, 0.15) is 43.4 Å². The molecule has 40 heavy (non-hydrogen) atoms. The van der Waals surface area contributed by atoms with Gasteiger partial charge in [0, 0.05) is 36.9 Å². The number of hydrogen-bond donors (Lipinski definition) is 2. The van der Waals surface area contributed by atoms with Crippen molar-refractivity contribution in [1.29, 1.82) is 0 Å². The van der Waals surface area contributed by atoms with Crippen molar-refractivity contribution < 1.29 is 21.6 Å². The minimum atomic E-state index is -4.07. The smallest absolute Gasteiger partial charge is 0.244 e. The summed E-state index contributed by atoms with van der Waals surface area (Å²) in [5.74, 6) is -0.777. The molecule has 0 atom stereocenters. The first-order valence-corrected chi connectivity index (χ1v) is 16.2. The third kappa shape index (κ3) is 7.67. The van der Waals surface area contributed by atoms with Gasteiger partial charge >= 0.3 is 0 Å². The van der Waals surface area contributed by atoms with Crippen molar-refractivity contribution in [3.8, 4) is 11.1 Å². The molecular formula is C28H35ClN4O5S2. The van der Waals surface area contributed by atoms with E-state index in [2.05, 4.69) is 10.3 Å². The van der Waals surface area contributed by atoms with Crippen LogP contribution in [-0.2, 0) is 30.4 Å². The highest BCUT2D eigenvalue weighted by Crippen LogP contribution is 2.37. The predicted molar refractivity (Wildman–Crippen MR) is 158 cm³/mol. The highest BCUT2D eigenvalue weighted by Gasteiger charge is 2.39. The molecule has 9 nitrogen and oxygen atoms in total. The van der Waals surface area contributed by atoms with Gasteiger partial charge in [-0.15, -0.1) is 0 Å². The van der Waals surface area contributed by atoms with E-state index in [1.165, 1.54) is 10.4 Å². The fourth-order valence-corrected chi connectivity index (χ4v) is 7.18. The second-order valence-corrected chi connectivity index (χ2v) is 14.1. The number of halogens is 1. The number of primary sulfonamides is 1. The van der Waals surface area contributed by atoms with E-state index < -0.39 is 31.5 Å². The van der Waals surface area contributed by atoms with Crippen LogP contribution in [0, 0.1) is 13.8 Å². The van der Waals surface area contributed by atoms with Crippen molar-refractivity contribution >= 4 is 37.6 Å². The first kappa shape index (κ1) is 31.7. The van der Waals surface area contributed by atoms with E-state index >= 15 is 0 Å². The number of benzene rings is 2. The third-order valence-electron chi connectivity index (χ3n) is 6.78. The summed E-state index contributed by atoms with van der Waals surface area (Å²) in [6, 6.07) is 14.4. The van der Waals surface area contributed by atoms with Gasteiger partial charge in [0.25, 0.3) is 0 Å². The minimum Gasteiger partial charge on any atom is -0.355 e. The fourth-order valence-electron chi connectivity index (χ4n) is 4.50. The van der Waals surface area contributed by atoms with Crippen molar-refractivity contribution in [3.05, 3.63) is 82.6 Å². The molecule has 0 aliphatic heterocycles. The normalized spacial score (nSPS) is 12.5. The monoisotopic (exact) mass is 606 g/mol. The van der Waals surface area contributed by atoms with Crippen molar-refractivity contribution in [1.82, 2.24) is 14.6 Å². The molecule has 0 unspecified atom stereocenters. The summed E-state index contributed by atoms with van der Waals surface area (Å²) in [6.45, 7) is 7.19. The van der Waals surface area contributed by atoms with Crippen molar-refractivity contribution in [2.75, 3.05) is 18.8 Å². The summed E-state index contributed by atoms with van der Waals surface area (Å²) < 4.78 is 52.0. The van der Waals surface area contributed by atoms with E-state index in [1.54, 1.807) is 31.5 Å². The number of aryl methyl sites for hydroxylation is 1. The quantitative estimate of drug-likeness (QED) is 0.318. The Morgan fingerprint density at radius 2 is 1.77 bits per heavy atom. The van der Waals surface area contributed by atoms with Crippen LogP contribution in [0.3, 0.4) is 0 Å². The number of nitrogens with two attached hydrogens (primary N) is 1. The number of aromatic nitrogens is 1. The Balaban J connectivity index is 1.97. The van der Waals surface area contributed by atoms with Crippen LogP contribution in [0.4, 0.5) is 0 Å². The molecule has 3 rings (SSSR count). The molecule has 3 N–H and O–H groups in total. The van der Waals surface area contributed by atoms with E-state index in [0.717, 1.165) is 22.3 Å². The Hall–Kier alpha value is -2.83. The van der Waals surface area contributed by atoms with Gasteiger partial charge in [0.15, 0.2) is 0 Å². The molecule has 0 fully saturated rings. The molecule has 0 saturated carbocycles. The van der Waals surface area contributed by atoms with E-state index in [1.807, 2.05) is 51.1 Å². The SMILES string of the molecule is Cc1cnccc1-c1cccc(C(C)(C)N(CCCC(=O)NCCS(N)(=O)=O)S(=O)(=O)c2cccc(Cl)c2C)c1. The third-order valence-corrected chi connectivity index (χ3v) is 10.2. The van der Waals surface area contributed by atoms with Crippen LogP contribution < -0.4 is 10.5 Å². The van der Waals surface area contributed by atoms with Crippen LogP contribution in [0.2, 0.25) is 5.02 Å². The van der Waals surface area contributed by atoms with Gasteiger partial charge in [0.2, 0.25) is 26.0 Å². The molecule has 0 aliphatic rings. The maximum Gasteiger partial charge on any atom is 0.244 e. The van der Waals surface area contributed by atoms with Gasteiger partial charge in [-0.1, -0.05) is 35.9 Å². The number of nitrogens with zero attached hydrogens (tertiary/aromatic N) is 2. The lowest BCUT2D eigenvalue weighted by molar-refractivity contribution is -0.121. The standard InChI is InChI=1S/C28H35ClN4O5S2/c1-20-19-31-14-13-24(20)22-8-5-9-23(18-22)28(3,4)33(16-7-12-27(34)32-15-17-39(30,35)36)40(37,38)26-11-6-10-25(29)21(26)2/h5-6,8-11,13-14,18-19H,7,12,15-17H2,1-4H3,(H,32,34)(H2,30,35,36). The maximum absolute atomic E-state index is 14.2. The van der Waals surface area contributed by atoms with Gasteiger partial charge in [-0.2, -0.15) is 4.31 Å². The number of pyridine rings is 1. The number of hydrogen-bond acceptors (Lipinski definition) is 6. The first-order valence-electron chi connectivity index (χ1n) is 12.7. The average molecular weight is 607 g/mol. The highest BCUT2D eigenvalue weighted by atomic mass is 35.5. The summed E-state index contributed by atoms with van der Waals surface area (Å²) in [4.78, 5) is 16.6. The van der Waals surface area contributed by atoms with Crippen LogP contribution in [0.15, 0.2) is 65.8 Å². The largest absolute Gasteiger partial charge is 0.355 e. The Morgan fingerprint density at radius 3 is 2.45 bits per heavy atom. The lowest BCUT2D eigenvalue weighted by Gasteiger charge is -2.38. The Bertz CT molecular complexity index is 1590. The molecule has 1 amide bonds. The number of sulfonamides is 2. The van der Waals surface area contributed by atoms with Gasteiger partial charge < -0.3 is 5.32 Å². The summed E-state index contributed by atoms with van der Waals surface area (Å²) in [6.07, 6.45) is 3.69. The van der Waals surface area contributed by atoms with Crippen LogP contribution in [0.5, 0.6) is 0 Å². The van der Waals surface area contributed by atoms with Gasteiger partial charge in [-0.05, 0) is 86.2 Å². The van der Waals surface area contributed by atoms with Gasteiger partial charge in [-0.25, -0.2) is 22.0 Å². The molecule has 0 bridgehead atoms. The van der Waals surface area contributed by atoms with Crippen molar-refractivity contribution in [2.45, 2.75) is 51.0 Å². The minimum absolute atomic E-state index is 0.00248. The number of carbonyl (C=O) groups is 1. The van der Waals surface area contributed by atoms with Crippen LogP contribution in [-0.4, -0.2) is 50.9 Å². The summed E-state index contributed by atoms with van der Waals surface area (Å²) in [5, 5.41) is 7.83. The van der Waals surface area contributed by atoms with Crippen LogP contribution in [0.25, 0.3) is 11.1 Å². The zero-order valence-electron chi connectivity index (χ0n) is 23.0. The molecule has 216 valence electrons. The Morgan fingerprint density at radius 1 is 1.07 bits per heavy atom. The summed E-state index contributed by atoms with van der Waals surface area (Å²) >= 11 is 6.29. The number of carbonyl (C=O) groups excluding carboxylic acids is 1. The summed E-state index contributed by atoms with van der Waals surface area (Å²) in [7, 11) is -7.77. The van der Waals surface area contributed by atoms with Crippen molar-refractivity contribution in [2.24, 2.45) is 5.14 Å². The van der Waals surface area contributed by atoms with E-state index in [4.69, 9.17) is 16.7 Å². The zero-order chi connectivity index (χ0) is 29.7. The number of rotatable bonds is 12. The molecule has 0 spiro atoms. The van der Waals surface area contributed by atoms with E-state index in [-0.39, 0.29) is 36.6 Å². The molecule has 0 saturated heterocycles. The van der Waals surface area contributed by atoms with E-state index in [9.17, 15) is 21.6 Å². The Kier molecular flexibility index (Phi) is 10.1. The summed E-state index contributed by atoms with van der Waals surface area (Å²) in [5.41, 5.74) is 3.09. The molecule has 3 aromatic rings. The van der Waals surface area contributed by atoms with Gasteiger partial charge in [-0.3, -0.25) is 9.78 Å². The average Bonchev–Trinajstić information content (AvgIpc) is 2.87. The van der Waals surface area contributed by atoms with Gasteiger partial charge in [0.1, 0.15) is 0 Å². The molecule has 1 heterocycles. The molecule has 2 aromatic carbocycles. The lowest BCUT2D eigenvalue weighted by atomic mass is 9.90. The molecule has 0 radical (unpaired) electrons. The topological polar surface area (TPSA) is 140 Å². The van der Waals surface area contributed by atoms with Gasteiger partial charge in [0.05, 0.1) is 16.2 Å². The number of nitrogens with one attached hydrogen (secondary N) is 1. The molecular weight excluding hydrogens is 572 g/mol. The highest BCUT2D eigenvalue weighted by molar-refractivity contribution is 7.89. The number of amides is 1. The molecule has 12 heteroatoms.